The Morgan fingerprint density at radius 2 is 1.67 bits per heavy atom. The van der Waals surface area contributed by atoms with E-state index >= 15 is 0 Å². The molecular weight excluding hydrogens is 443 g/mol. The third kappa shape index (κ3) is 5.02. The van der Waals surface area contributed by atoms with E-state index in [1.54, 1.807) is 22.8 Å². The number of nitrogens with one attached hydrogen (secondary N) is 2. The van der Waals surface area contributed by atoms with Gasteiger partial charge >= 0.3 is 0 Å². The first-order chi connectivity index (χ1) is 16.0. The Bertz CT molecular complexity index is 1240. The first kappa shape index (κ1) is 21.5. The Balaban J connectivity index is 1.34. The summed E-state index contributed by atoms with van der Waals surface area (Å²) in [6.07, 6.45) is 5.62. The van der Waals surface area contributed by atoms with Crippen LogP contribution >= 0.6 is 11.6 Å². The average molecular weight is 467 g/mol. The van der Waals surface area contributed by atoms with E-state index in [-0.39, 0.29) is 11.9 Å². The van der Waals surface area contributed by atoms with Crippen molar-refractivity contribution in [3.05, 3.63) is 71.6 Å². The third-order valence-electron chi connectivity index (χ3n) is 5.73. The van der Waals surface area contributed by atoms with Crippen LogP contribution in [0.15, 0.2) is 60.8 Å². The molecule has 2 heterocycles. The molecule has 5 rings (SSSR count). The van der Waals surface area contributed by atoms with Crippen LogP contribution in [0.5, 0.6) is 11.5 Å². The summed E-state index contributed by atoms with van der Waals surface area (Å²) in [6.45, 7) is 0. The van der Waals surface area contributed by atoms with Crippen LogP contribution in [-0.2, 0) is 0 Å². The molecule has 0 saturated heterocycles. The minimum Gasteiger partial charge on any atom is -0.457 e. The highest BCUT2D eigenvalue weighted by atomic mass is 35.5. The second-order valence-corrected chi connectivity index (χ2v) is 8.62. The zero-order chi connectivity index (χ0) is 22.8. The van der Waals surface area contributed by atoms with Crippen LogP contribution in [0.3, 0.4) is 0 Å². The molecule has 170 valence electrons. The Labute approximate surface area is 195 Å². The number of anilines is 3. The molecule has 4 aromatic rings. The lowest BCUT2D eigenvalue weighted by atomic mass is 9.92. The predicted molar refractivity (Wildman–Crippen MR) is 128 cm³/mol. The van der Waals surface area contributed by atoms with E-state index in [4.69, 9.17) is 22.1 Å². The van der Waals surface area contributed by atoms with Crippen molar-refractivity contribution in [2.24, 2.45) is 5.73 Å². The summed E-state index contributed by atoms with van der Waals surface area (Å²) in [4.78, 5) is 4.66. The number of halogens is 2. The Kier molecular flexibility index (Phi) is 6.02. The van der Waals surface area contributed by atoms with Crippen molar-refractivity contribution >= 4 is 34.6 Å². The van der Waals surface area contributed by atoms with Crippen LogP contribution in [0, 0.1) is 5.82 Å². The maximum absolute atomic E-state index is 13.1. The van der Waals surface area contributed by atoms with Gasteiger partial charge in [0.2, 0.25) is 0 Å². The van der Waals surface area contributed by atoms with E-state index in [0.717, 1.165) is 43.0 Å². The number of nitrogens with zero attached hydrogens (tertiary/aromatic N) is 3. The molecule has 1 saturated carbocycles. The molecule has 33 heavy (non-hydrogen) atoms. The Morgan fingerprint density at radius 3 is 2.36 bits per heavy atom. The van der Waals surface area contributed by atoms with Crippen molar-refractivity contribution in [1.82, 2.24) is 14.6 Å². The van der Waals surface area contributed by atoms with Crippen molar-refractivity contribution in [1.29, 1.82) is 0 Å². The number of hydrogen-bond acceptors (Lipinski definition) is 6. The SMILES string of the molecule is N[C@H]1CC[C@H](Nc2cc(Nc3ccc(Oc4ccc(F)cc4)cc3)n3ncc(Cl)c3n2)CC1. The maximum atomic E-state index is 13.1. The van der Waals surface area contributed by atoms with E-state index in [1.807, 2.05) is 30.3 Å². The molecule has 1 aliphatic carbocycles. The molecular formula is C24H24ClFN6O. The maximum Gasteiger partial charge on any atom is 0.178 e. The Morgan fingerprint density at radius 1 is 1.00 bits per heavy atom. The zero-order valence-corrected chi connectivity index (χ0v) is 18.6. The van der Waals surface area contributed by atoms with Gasteiger partial charge in [-0.05, 0) is 74.2 Å². The summed E-state index contributed by atoms with van der Waals surface area (Å²) in [5.74, 6) is 2.38. The van der Waals surface area contributed by atoms with E-state index in [1.165, 1.54) is 12.1 Å². The molecule has 2 aromatic carbocycles. The predicted octanol–water partition coefficient (Wildman–Crippen LogP) is 5.74. The number of ether oxygens (including phenoxy) is 1. The third-order valence-corrected chi connectivity index (χ3v) is 6.00. The molecule has 2 aromatic heterocycles. The van der Waals surface area contributed by atoms with E-state index < -0.39 is 0 Å². The molecule has 0 amide bonds. The summed E-state index contributed by atoms with van der Waals surface area (Å²) >= 11 is 6.33. The van der Waals surface area contributed by atoms with Crippen LogP contribution in [0.2, 0.25) is 5.02 Å². The van der Waals surface area contributed by atoms with Crippen LogP contribution in [0.1, 0.15) is 25.7 Å². The number of nitrogens with two attached hydrogens (primary N) is 1. The summed E-state index contributed by atoms with van der Waals surface area (Å²) in [7, 11) is 0. The highest BCUT2D eigenvalue weighted by Gasteiger charge is 2.20. The highest BCUT2D eigenvalue weighted by Crippen LogP contribution is 2.28. The zero-order valence-electron chi connectivity index (χ0n) is 17.8. The number of benzene rings is 2. The summed E-state index contributed by atoms with van der Waals surface area (Å²) in [6, 6.07) is 15.9. The largest absolute Gasteiger partial charge is 0.457 e. The van der Waals surface area contributed by atoms with Gasteiger partial charge in [-0.1, -0.05) is 11.6 Å². The molecule has 0 unspecified atom stereocenters. The van der Waals surface area contributed by atoms with Crippen LogP contribution in [-0.4, -0.2) is 26.7 Å². The van der Waals surface area contributed by atoms with Gasteiger partial charge in [0.25, 0.3) is 0 Å². The Hall–Kier alpha value is -3.36. The van der Waals surface area contributed by atoms with Gasteiger partial charge in [0, 0.05) is 23.8 Å². The van der Waals surface area contributed by atoms with Gasteiger partial charge in [-0.25, -0.2) is 9.37 Å². The van der Waals surface area contributed by atoms with Crippen LogP contribution < -0.4 is 21.1 Å². The molecule has 1 fully saturated rings. The lowest BCUT2D eigenvalue weighted by molar-refractivity contribution is 0.410. The molecule has 0 bridgehead atoms. The van der Waals surface area contributed by atoms with E-state index in [9.17, 15) is 4.39 Å². The van der Waals surface area contributed by atoms with Crippen molar-refractivity contribution in [3.8, 4) is 11.5 Å². The summed E-state index contributed by atoms with van der Waals surface area (Å²) < 4.78 is 20.5. The quantitative estimate of drug-likeness (QED) is 0.336. The molecule has 7 nitrogen and oxygen atoms in total. The van der Waals surface area contributed by atoms with Crippen molar-refractivity contribution in [3.63, 3.8) is 0 Å². The van der Waals surface area contributed by atoms with Crippen molar-refractivity contribution in [2.45, 2.75) is 37.8 Å². The number of fused-ring (bicyclic) bond motifs is 1. The number of hydrogen-bond donors (Lipinski definition) is 3. The van der Waals surface area contributed by atoms with Gasteiger partial charge in [0.15, 0.2) is 5.65 Å². The normalized spacial score (nSPS) is 18.3. The van der Waals surface area contributed by atoms with Crippen molar-refractivity contribution < 1.29 is 9.13 Å². The van der Waals surface area contributed by atoms with Gasteiger partial charge in [0.05, 0.1) is 6.20 Å². The molecule has 0 radical (unpaired) electrons. The summed E-state index contributed by atoms with van der Waals surface area (Å²) in [5, 5.41) is 11.7. The van der Waals surface area contributed by atoms with E-state index in [0.29, 0.717) is 28.2 Å². The van der Waals surface area contributed by atoms with E-state index in [2.05, 4.69) is 20.7 Å². The molecule has 0 aliphatic heterocycles. The van der Waals surface area contributed by atoms with Gasteiger partial charge in [-0.15, -0.1) is 0 Å². The standard InChI is InChI=1S/C24H24ClFN6O/c25-21-14-28-32-23(13-22(31-24(21)32)29-17-5-3-16(27)4-6-17)30-18-7-11-20(12-8-18)33-19-9-1-15(26)2-10-19/h1-2,7-14,16-17,30H,3-6,27H2,(H,29,31)/t16-,17-. The average Bonchev–Trinajstić information content (AvgIpc) is 3.19. The fourth-order valence-corrected chi connectivity index (χ4v) is 4.13. The topological polar surface area (TPSA) is 89.5 Å². The lowest BCUT2D eigenvalue weighted by Gasteiger charge is -2.27. The second kappa shape index (κ2) is 9.25. The monoisotopic (exact) mass is 466 g/mol. The lowest BCUT2D eigenvalue weighted by Crippen LogP contribution is -2.33. The van der Waals surface area contributed by atoms with Gasteiger partial charge < -0.3 is 21.1 Å². The van der Waals surface area contributed by atoms with Gasteiger partial charge in [-0.2, -0.15) is 9.61 Å². The summed E-state index contributed by atoms with van der Waals surface area (Å²) in [5.41, 5.74) is 7.45. The fraction of sp³-hybridized carbons (Fsp3) is 0.250. The first-order valence-electron chi connectivity index (χ1n) is 10.9. The fourth-order valence-electron chi connectivity index (χ4n) is 3.96. The molecule has 0 atom stereocenters. The van der Waals surface area contributed by atoms with Crippen LogP contribution in [0.4, 0.5) is 21.7 Å². The van der Waals surface area contributed by atoms with Gasteiger partial charge in [0.1, 0.15) is 34.0 Å². The number of rotatable bonds is 6. The molecule has 9 heteroatoms. The second-order valence-electron chi connectivity index (χ2n) is 8.22. The van der Waals surface area contributed by atoms with Crippen LogP contribution in [0.25, 0.3) is 5.65 Å². The molecule has 1 aliphatic rings. The number of aromatic nitrogens is 3. The molecule has 0 spiro atoms. The minimum atomic E-state index is -0.301. The minimum absolute atomic E-state index is 0.287. The van der Waals surface area contributed by atoms with Gasteiger partial charge in [-0.3, -0.25) is 0 Å². The first-order valence-corrected chi connectivity index (χ1v) is 11.3. The highest BCUT2D eigenvalue weighted by molar-refractivity contribution is 6.33. The molecule has 4 N–H and O–H groups in total. The van der Waals surface area contributed by atoms with Crippen molar-refractivity contribution in [2.75, 3.05) is 10.6 Å². The smallest absolute Gasteiger partial charge is 0.178 e.